The van der Waals surface area contributed by atoms with E-state index < -0.39 is 0 Å². The minimum absolute atomic E-state index is 0.0645. The average Bonchev–Trinajstić information content (AvgIpc) is 2.59. The summed E-state index contributed by atoms with van der Waals surface area (Å²) in [5.74, 6) is 0.0645. The normalized spacial score (nSPS) is 18.0. The Morgan fingerprint density at radius 1 is 1.04 bits per heavy atom. The third kappa shape index (κ3) is 4.44. The lowest BCUT2D eigenvalue weighted by Crippen LogP contribution is -2.53. The van der Waals surface area contributed by atoms with E-state index in [2.05, 4.69) is 59.3 Å². The molecule has 4 heteroatoms. The zero-order chi connectivity index (χ0) is 18.7. The summed E-state index contributed by atoms with van der Waals surface area (Å²) in [5.41, 5.74) is 5.72. The molecular formula is C22H29N3O. The first-order valence-corrected chi connectivity index (χ1v) is 9.35. The van der Waals surface area contributed by atoms with Crippen molar-refractivity contribution in [3.63, 3.8) is 0 Å². The number of amides is 1. The zero-order valence-corrected chi connectivity index (χ0v) is 16.2. The zero-order valence-electron chi connectivity index (χ0n) is 16.2. The van der Waals surface area contributed by atoms with Gasteiger partial charge in [-0.3, -0.25) is 9.69 Å². The van der Waals surface area contributed by atoms with Crippen LogP contribution in [0.15, 0.2) is 42.5 Å². The average molecular weight is 351 g/mol. The summed E-state index contributed by atoms with van der Waals surface area (Å²) < 4.78 is 0. The van der Waals surface area contributed by atoms with Gasteiger partial charge in [-0.1, -0.05) is 29.8 Å². The van der Waals surface area contributed by atoms with Gasteiger partial charge in [0.25, 0.3) is 0 Å². The molecule has 1 saturated heterocycles. The number of nitrogens with one attached hydrogen (secondary N) is 1. The lowest BCUT2D eigenvalue weighted by molar-refractivity contribution is -0.117. The van der Waals surface area contributed by atoms with Gasteiger partial charge in [0.15, 0.2) is 0 Å². The third-order valence-electron chi connectivity index (χ3n) is 5.11. The molecule has 0 saturated carbocycles. The van der Waals surface area contributed by atoms with Crippen LogP contribution >= 0.6 is 0 Å². The van der Waals surface area contributed by atoms with Crippen LogP contribution in [-0.4, -0.2) is 43.0 Å². The van der Waals surface area contributed by atoms with Crippen LogP contribution in [0.3, 0.4) is 0 Å². The fourth-order valence-electron chi connectivity index (χ4n) is 3.56. The maximum atomic E-state index is 12.5. The topological polar surface area (TPSA) is 35.6 Å². The Balaban J connectivity index is 1.56. The van der Waals surface area contributed by atoms with Crippen molar-refractivity contribution in [3.8, 4) is 0 Å². The van der Waals surface area contributed by atoms with Crippen LogP contribution < -0.4 is 10.2 Å². The molecule has 1 aliphatic heterocycles. The molecule has 1 amide bonds. The summed E-state index contributed by atoms with van der Waals surface area (Å²) in [5, 5.41) is 3.07. The molecule has 1 heterocycles. The second-order valence-electron chi connectivity index (χ2n) is 7.48. The Hall–Kier alpha value is -2.33. The summed E-state index contributed by atoms with van der Waals surface area (Å²) in [4.78, 5) is 17.1. The maximum absolute atomic E-state index is 12.5. The molecule has 2 aromatic rings. The van der Waals surface area contributed by atoms with Crippen molar-refractivity contribution in [1.29, 1.82) is 0 Å². The molecule has 1 atom stereocenters. The number of aryl methyl sites for hydroxylation is 3. The number of anilines is 2. The molecule has 2 aromatic carbocycles. The number of piperazine rings is 1. The minimum atomic E-state index is 0.0645. The van der Waals surface area contributed by atoms with E-state index in [1.54, 1.807) is 0 Å². The second kappa shape index (κ2) is 7.92. The molecule has 138 valence electrons. The Kier molecular flexibility index (Phi) is 5.62. The Labute approximate surface area is 156 Å². The molecule has 1 N–H and O–H groups in total. The smallest absolute Gasteiger partial charge is 0.238 e. The first-order valence-electron chi connectivity index (χ1n) is 9.35. The first kappa shape index (κ1) is 18.5. The molecule has 3 rings (SSSR count). The molecule has 0 aromatic heterocycles. The summed E-state index contributed by atoms with van der Waals surface area (Å²) in [6.45, 7) is 11.6. The van der Waals surface area contributed by atoms with Crippen molar-refractivity contribution < 1.29 is 4.79 Å². The van der Waals surface area contributed by atoms with Gasteiger partial charge < -0.3 is 10.2 Å². The number of carbonyl (C=O) groups excluding carboxylic acids is 1. The van der Waals surface area contributed by atoms with Gasteiger partial charge in [0.2, 0.25) is 5.91 Å². The van der Waals surface area contributed by atoms with Gasteiger partial charge in [-0.05, 0) is 57.0 Å². The van der Waals surface area contributed by atoms with Crippen molar-refractivity contribution in [3.05, 3.63) is 59.2 Å². The van der Waals surface area contributed by atoms with Crippen molar-refractivity contribution >= 4 is 17.3 Å². The van der Waals surface area contributed by atoms with Gasteiger partial charge in [-0.15, -0.1) is 0 Å². The number of benzene rings is 2. The molecule has 4 nitrogen and oxygen atoms in total. The molecule has 0 bridgehead atoms. The third-order valence-corrected chi connectivity index (χ3v) is 5.11. The number of rotatable bonds is 4. The Morgan fingerprint density at radius 3 is 2.42 bits per heavy atom. The van der Waals surface area contributed by atoms with Crippen LogP contribution in [0.1, 0.15) is 23.6 Å². The molecule has 0 unspecified atom stereocenters. The highest BCUT2D eigenvalue weighted by atomic mass is 16.2. The van der Waals surface area contributed by atoms with E-state index in [1.807, 2.05) is 26.0 Å². The largest absolute Gasteiger partial charge is 0.366 e. The van der Waals surface area contributed by atoms with Crippen LogP contribution in [0, 0.1) is 20.8 Å². The van der Waals surface area contributed by atoms with Crippen LogP contribution in [0.4, 0.5) is 11.4 Å². The Bertz CT molecular complexity index is 769. The molecular weight excluding hydrogens is 322 g/mol. The minimum Gasteiger partial charge on any atom is -0.366 e. The van der Waals surface area contributed by atoms with Crippen molar-refractivity contribution in [2.45, 2.75) is 33.7 Å². The molecule has 1 aliphatic rings. The lowest BCUT2D eigenvalue weighted by atomic mass is 10.1. The number of hydrogen-bond donors (Lipinski definition) is 1. The van der Waals surface area contributed by atoms with E-state index >= 15 is 0 Å². The SMILES string of the molecule is Cc1ccc(N2CCN(CC(=O)Nc3cc(C)ccc3C)C[C@@H]2C)cc1. The first-order chi connectivity index (χ1) is 12.4. The van der Waals surface area contributed by atoms with Crippen LogP contribution in [-0.2, 0) is 4.79 Å². The number of nitrogens with zero attached hydrogens (tertiary/aromatic N) is 2. The summed E-state index contributed by atoms with van der Waals surface area (Å²) >= 11 is 0. The van der Waals surface area contributed by atoms with Gasteiger partial charge in [0.05, 0.1) is 6.54 Å². The van der Waals surface area contributed by atoms with Gasteiger partial charge >= 0.3 is 0 Å². The van der Waals surface area contributed by atoms with Crippen molar-refractivity contribution in [1.82, 2.24) is 4.90 Å². The summed E-state index contributed by atoms with van der Waals surface area (Å²) in [6.07, 6.45) is 0. The fourth-order valence-corrected chi connectivity index (χ4v) is 3.56. The quantitative estimate of drug-likeness (QED) is 0.911. The standard InChI is InChI=1S/C22H29N3O/c1-16-6-9-20(10-7-16)25-12-11-24(14-19(25)4)15-22(26)23-21-13-17(2)5-8-18(21)3/h5-10,13,19H,11-12,14-15H2,1-4H3,(H,23,26)/t19-/m0/s1. The monoisotopic (exact) mass is 351 g/mol. The van der Waals surface area contributed by atoms with E-state index in [0.717, 1.165) is 36.4 Å². The van der Waals surface area contributed by atoms with Crippen LogP contribution in [0.25, 0.3) is 0 Å². The van der Waals surface area contributed by atoms with Crippen LogP contribution in [0.2, 0.25) is 0 Å². The number of hydrogen-bond acceptors (Lipinski definition) is 3. The summed E-state index contributed by atoms with van der Waals surface area (Å²) in [7, 11) is 0. The predicted octanol–water partition coefficient (Wildman–Crippen LogP) is 3.76. The Morgan fingerprint density at radius 2 is 1.73 bits per heavy atom. The lowest BCUT2D eigenvalue weighted by Gasteiger charge is -2.41. The van der Waals surface area contributed by atoms with E-state index in [-0.39, 0.29) is 5.91 Å². The van der Waals surface area contributed by atoms with Gasteiger partial charge in [-0.25, -0.2) is 0 Å². The van der Waals surface area contributed by atoms with Gasteiger partial charge in [0, 0.05) is 37.1 Å². The predicted molar refractivity (Wildman–Crippen MR) is 109 cm³/mol. The van der Waals surface area contributed by atoms with Gasteiger partial charge in [-0.2, -0.15) is 0 Å². The highest BCUT2D eigenvalue weighted by Crippen LogP contribution is 2.21. The maximum Gasteiger partial charge on any atom is 0.238 e. The second-order valence-corrected chi connectivity index (χ2v) is 7.48. The highest BCUT2D eigenvalue weighted by Gasteiger charge is 2.25. The van der Waals surface area contributed by atoms with E-state index in [0.29, 0.717) is 12.6 Å². The molecule has 26 heavy (non-hydrogen) atoms. The van der Waals surface area contributed by atoms with Crippen molar-refractivity contribution in [2.75, 3.05) is 36.4 Å². The molecule has 0 spiro atoms. The molecule has 0 aliphatic carbocycles. The van der Waals surface area contributed by atoms with Gasteiger partial charge in [0.1, 0.15) is 0 Å². The van der Waals surface area contributed by atoms with E-state index in [1.165, 1.54) is 11.3 Å². The highest BCUT2D eigenvalue weighted by molar-refractivity contribution is 5.93. The molecule has 1 fully saturated rings. The van der Waals surface area contributed by atoms with Crippen molar-refractivity contribution in [2.24, 2.45) is 0 Å². The number of carbonyl (C=O) groups is 1. The summed E-state index contributed by atoms with van der Waals surface area (Å²) in [6, 6.07) is 15.2. The fraction of sp³-hybridized carbons (Fsp3) is 0.409. The molecule has 0 radical (unpaired) electrons. The van der Waals surface area contributed by atoms with Crippen LogP contribution in [0.5, 0.6) is 0 Å². The van der Waals surface area contributed by atoms with E-state index in [9.17, 15) is 4.79 Å². The van der Waals surface area contributed by atoms with E-state index in [4.69, 9.17) is 0 Å².